The molecule has 5 saturated carbocycles. The largest absolute Gasteiger partial charge is 0.344 e. The van der Waals surface area contributed by atoms with Gasteiger partial charge in [-0.05, 0) is 137 Å². The maximum absolute atomic E-state index is 2.37. The Balaban J connectivity index is 0. The Hall–Kier alpha value is -1.95. The minimum atomic E-state index is 0. The molecule has 2 heteroatoms. The fraction of sp³-hybridized carbons (Fsp3) is 0.727. The highest BCUT2D eigenvalue weighted by Gasteiger charge is 2.16. The highest BCUT2D eigenvalue weighted by Crippen LogP contribution is 2.30. The van der Waals surface area contributed by atoms with Gasteiger partial charge in [-0.2, -0.15) is 9.90 Å². The molecule has 1 atom stereocenters. The second-order valence-corrected chi connectivity index (χ2v) is 24.2. The van der Waals surface area contributed by atoms with E-state index in [0.29, 0.717) is 0 Å². The van der Waals surface area contributed by atoms with Crippen LogP contribution in [0.15, 0.2) is 60.7 Å². The molecule has 1 nitrogen and oxygen atoms in total. The van der Waals surface area contributed by atoms with E-state index in [2.05, 4.69) is 185 Å². The zero-order chi connectivity index (χ0) is 49.6. The number of hydrogen-bond acceptors (Lipinski definition) is 1. The highest BCUT2D eigenvalue weighted by molar-refractivity contribution is 6.92. The maximum atomic E-state index is 2.37. The summed E-state index contributed by atoms with van der Waals surface area (Å²) in [5.74, 6) is 10.2. The van der Waals surface area contributed by atoms with Gasteiger partial charge in [-0.15, -0.1) is 0 Å². The van der Waals surface area contributed by atoms with E-state index in [1.807, 2.05) is 0 Å². The van der Waals surface area contributed by atoms with Crippen molar-refractivity contribution in [3.8, 4) is 0 Å². The lowest BCUT2D eigenvalue weighted by molar-refractivity contribution is 0.308. The molecular weight excluding hydrogens is 838 g/mol. The fourth-order valence-corrected chi connectivity index (χ4v) is 9.55. The van der Waals surface area contributed by atoms with Crippen molar-refractivity contribution in [2.45, 2.75) is 253 Å². The van der Waals surface area contributed by atoms with Crippen LogP contribution in [0.3, 0.4) is 0 Å². The molecule has 0 aliphatic heterocycles. The molecule has 0 saturated heterocycles. The molecule has 1 unspecified atom stereocenters. The third-order valence-electron chi connectivity index (χ3n) is 16.1. The van der Waals surface area contributed by atoms with Crippen molar-refractivity contribution in [3.63, 3.8) is 0 Å². The first kappa shape index (κ1) is 68.1. The summed E-state index contributed by atoms with van der Waals surface area (Å²) in [4.78, 5) is 0. The SMILES string of the molecule is CC1CCC(C)CC1.CC1CCC(C)CC1.CC1CCC(C)CC1.CC1CCC(C)CC1.CC1CCC(C)CC1.Cc1ccc(C)c(C)c1.Cc1ccc(C)c(C)c1.Cc1ccc(C)cc1.N.P. The molecule has 0 aromatic heterocycles. The molecule has 5 aliphatic carbocycles. The van der Waals surface area contributed by atoms with E-state index in [4.69, 9.17) is 0 Å². The molecule has 394 valence electrons. The Bertz CT molecular complexity index is 1350. The normalized spacial score (nSPS) is 27.0. The quantitative estimate of drug-likeness (QED) is 0.224. The number of aryl methyl sites for hydroxylation is 8. The summed E-state index contributed by atoms with van der Waals surface area (Å²) in [7, 11) is 0. The molecule has 0 spiro atoms. The van der Waals surface area contributed by atoms with Crippen molar-refractivity contribution in [2.24, 2.45) is 59.2 Å². The lowest BCUT2D eigenvalue weighted by atomic mass is 9.84. The smallest absolute Gasteiger partial charge is 0.0395 e. The van der Waals surface area contributed by atoms with E-state index in [-0.39, 0.29) is 16.0 Å². The minimum absolute atomic E-state index is 0. The first-order chi connectivity index (χ1) is 31.1. The summed E-state index contributed by atoms with van der Waals surface area (Å²) in [5, 5.41) is 0. The predicted molar refractivity (Wildman–Crippen MR) is 317 cm³/mol. The Morgan fingerprint density at radius 2 is 0.353 bits per heavy atom. The molecule has 5 aliphatic rings. The van der Waals surface area contributed by atoms with Gasteiger partial charge in [0.1, 0.15) is 0 Å². The molecule has 68 heavy (non-hydrogen) atoms. The molecule has 3 aromatic rings. The second-order valence-electron chi connectivity index (χ2n) is 24.2. The van der Waals surface area contributed by atoms with Crippen LogP contribution in [-0.2, 0) is 0 Å². The van der Waals surface area contributed by atoms with Crippen LogP contribution in [0, 0.1) is 115 Å². The number of rotatable bonds is 0. The van der Waals surface area contributed by atoms with Gasteiger partial charge in [0, 0.05) is 0 Å². The number of benzene rings is 3. The standard InChI is InChI=1S/2C9H12.5C8H16.C8H10.H3N.H3P/c2*1-7-4-5-8(2)9(3)6-7;6*1-7-3-5-8(2)6-4-7;;/h2*4-6H,1-3H3;5*7-8H,3-6H2,1-2H3;3-6H,1-2H3;2*1H3. The van der Waals surface area contributed by atoms with Gasteiger partial charge in [0.15, 0.2) is 0 Å². The maximum Gasteiger partial charge on any atom is -0.0395 e. The van der Waals surface area contributed by atoms with Crippen LogP contribution in [0.25, 0.3) is 0 Å². The zero-order valence-electron chi connectivity index (χ0n) is 49.1. The van der Waals surface area contributed by atoms with Crippen LogP contribution < -0.4 is 6.15 Å². The monoisotopic (exact) mass is 958 g/mol. The van der Waals surface area contributed by atoms with E-state index in [0.717, 1.165) is 59.2 Å². The Morgan fingerprint density at radius 3 is 0.471 bits per heavy atom. The molecule has 0 heterocycles. The summed E-state index contributed by atoms with van der Waals surface area (Å²) in [6.07, 6.45) is 29.5. The van der Waals surface area contributed by atoms with E-state index < -0.39 is 0 Å². The van der Waals surface area contributed by atoms with Gasteiger partial charge in [-0.3, -0.25) is 0 Å². The van der Waals surface area contributed by atoms with Crippen molar-refractivity contribution in [2.75, 3.05) is 0 Å². The van der Waals surface area contributed by atoms with Gasteiger partial charge in [-0.1, -0.05) is 281 Å². The fourth-order valence-electron chi connectivity index (χ4n) is 9.55. The van der Waals surface area contributed by atoms with Crippen LogP contribution in [-0.4, -0.2) is 0 Å². The average molecular weight is 959 g/mol. The highest BCUT2D eigenvalue weighted by atomic mass is 31.0. The molecule has 0 bridgehead atoms. The van der Waals surface area contributed by atoms with Crippen LogP contribution in [0.2, 0.25) is 0 Å². The molecule has 8 rings (SSSR count). The van der Waals surface area contributed by atoms with Crippen molar-refractivity contribution in [3.05, 3.63) is 105 Å². The van der Waals surface area contributed by atoms with Crippen LogP contribution >= 0.6 is 9.90 Å². The van der Waals surface area contributed by atoms with Crippen molar-refractivity contribution in [1.29, 1.82) is 0 Å². The molecular formula is C66H120NP. The first-order valence-corrected chi connectivity index (χ1v) is 28.2. The summed E-state index contributed by atoms with van der Waals surface area (Å²) < 4.78 is 0. The van der Waals surface area contributed by atoms with E-state index in [1.165, 1.54) is 173 Å². The molecule has 0 amide bonds. The third-order valence-corrected chi connectivity index (χ3v) is 16.1. The number of hydrogen-bond donors (Lipinski definition) is 1. The summed E-state index contributed by atoms with van der Waals surface area (Å²) in [6, 6.07) is 21.5. The van der Waals surface area contributed by atoms with Gasteiger partial charge >= 0.3 is 0 Å². The lowest BCUT2D eigenvalue weighted by Gasteiger charge is -2.22. The van der Waals surface area contributed by atoms with Crippen LogP contribution in [0.4, 0.5) is 0 Å². The van der Waals surface area contributed by atoms with Gasteiger partial charge in [0.05, 0.1) is 0 Å². The average Bonchev–Trinajstić information content (AvgIpc) is 3.29. The molecule has 3 aromatic carbocycles. The van der Waals surface area contributed by atoms with Crippen molar-refractivity contribution >= 4 is 9.90 Å². The first-order valence-electron chi connectivity index (χ1n) is 28.2. The third kappa shape index (κ3) is 36.0. The van der Waals surface area contributed by atoms with Crippen molar-refractivity contribution < 1.29 is 0 Å². The summed E-state index contributed by atoms with van der Waals surface area (Å²) in [5.41, 5.74) is 10.9. The van der Waals surface area contributed by atoms with Crippen LogP contribution in [0.5, 0.6) is 0 Å². The second kappa shape index (κ2) is 39.6. The molecule has 5 fully saturated rings. The lowest BCUT2D eigenvalue weighted by Crippen LogP contribution is -2.08. The van der Waals surface area contributed by atoms with Gasteiger partial charge in [-0.25, -0.2) is 0 Å². The minimum Gasteiger partial charge on any atom is -0.344 e. The summed E-state index contributed by atoms with van der Waals surface area (Å²) >= 11 is 0. The summed E-state index contributed by atoms with van der Waals surface area (Å²) in [6.45, 7) is 40.6. The van der Waals surface area contributed by atoms with Gasteiger partial charge in [0.25, 0.3) is 0 Å². The Morgan fingerprint density at radius 1 is 0.221 bits per heavy atom. The van der Waals surface area contributed by atoms with E-state index >= 15 is 0 Å². The van der Waals surface area contributed by atoms with E-state index in [9.17, 15) is 0 Å². The van der Waals surface area contributed by atoms with E-state index in [1.54, 1.807) is 0 Å². The van der Waals surface area contributed by atoms with Gasteiger partial charge in [0.2, 0.25) is 0 Å². The Labute approximate surface area is 431 Å². The predicted octanol–water partition coefficient (Wildman–Crippen LogP) is 21.9. The molecule has 0 radical (unpaired) electrons. The van der Waals surface area contributed by atoms with Gasteiger partial charge < -0.3 is 6.15 Å². The molecule has 3 N–H and O–H groups in total. The van der Waals surface area contributed by atoms with Crippen molar-refractivity contribution in [1.82, 2.24) is 6.15 Å². The topological polar surface area (TPSA) is 35.0 Å². The van der Waals surface area contributed by atoms with Crippen LogP contribution in [0.1, 0.15) is 242 Å². The zero-order valence-corrected chi connectivity index (χ0v) is 50.5. The Kier molecular flexibility index (Phi) is 39.7.